The summed E-state index contributed by atoms with van der Waals surface area (Å²) in [5.41, 5.74) is 2.45. The minimum Gasteiger partial charge on any atom is -0.496 e. The number of methoxy groups -OCH3 is 1. The highest BCUT2D eigenvalue weighted by atomic mass is 79.9. The molecular formula is C14H15BrN2O2. The summed E-state index contributed by atoms with van der Waals surface area (Å²) in [5.74, 6) is 0.773. The van der Waals surface area contributed by atoms with Gasteiger partial charge in [-0.25, -0.2) is 4.79 Å². The number of aryl methyl sites for hydroxylation is 2. The van der Waals surface area contributed by atoms with Gasteiger partial charge in [-0.3, -0.25) is 4.57 Å². The van der Waals surface area contributed by atoms with Crippen LogP contribution in [0, 0.1) is 13.8 Å². The van der Waals surface area contributed by atoms with Crippen LogP contribution in [0.25, 0.3) is 0 Å². The second-order valence-electron chi connectivity index (χ2n) is 4.38. The van der Waals surface area contributed by atoms with Crippen LogP contribution >= 0.6 is 15.9 Å². The summed E-state index contributed by atoms with van der Waals surface area (Å²) in [5, 5.41) is 0. The normalized spacial score (nSPS) is 10.5. The molecule has 0 aliphatic rings. The van der Waals surface area contributed by atoms with Crippen molar-refractivity contribution in [1.82, 2.24) is 9.55 Å². The molecule has 2 rings (SSSR count). The van der Waals surface area contributed by atoms with Gasteiger partial charge in [-0.1, -0.05) is 6.07 Å². The summed E-state index contributed by atoms with van der Waals surface area (Å²) in [6.07, 6.45) is 0. The molecule has 0 radical (unpaired) electrons. The zero-order valence-corrected chi connectivity index (χ0v) is 12.7. The van der Waals surface area contributed by atoms with Gasteiger partial charge in [0.25, 0.3) is 0 Å². The largest absolute Gasteiger partial charge is 0.496 e. The maximum Gasteiger partial charge on any atom is 0.348 e. The average Bonchev–Trinajstić information content (AvgIpc) is 2.34. The first-order valence-electron chi connectivity index (χ1n) is 5.89. The summed E-state index contributed by atoms with van der Waals surface area (Å²) in [6.45, 7) is 4.23. The molecule has 19 heavy (non-hydrogen) atoms. The Hall–Kier alpha value is -1.62. The predicted octanol–water partition coefficient (Wildman–Crippen LogP) is 2.68. The fourth-order valence-electron chi connectivity index (χ4n) is 1.96. The Bertz CT molecular complexity index is 665. The van der Waals surface area contributed by atoms with E-state index in [2.05, 4.69) is 20.9 Å². The van der Waals surface area contributed by atoms with Crippen LogP contribution in [0.1, 0.15) is 17.0 Å². The molecule has 5 heteroatoms. The SMILES string of the molecule is COc1ccc(Cn2c(C)cc(C)nc2=O)cc1Br. The first-order valence-corrected chi connectivity index (χ1v) is 6.68. The number of nitrogens with zero attached hydrogens (tertiary/aromatic N) is 2. The van der Waals surface area contributed by atoms with E-state index in [0.29, 0.717) is 6.54 Å². The van der Waals surface area contributed by atoms with Crippen LogP contribution in [0.15, 0.2) is 33.5 Å². The quantitative estimate of drug-likeness (QED) is 0.872. The number of halogens is 1. The molecule has 2 aromatic rings. The molecule has 0 bridgehead atoms. The third kappa shape index (κ3) is 3.04. The molecule has 0 unspecified atom stereocenters. The van der Waals surface area contributed by atoms with Gasteiger partial charge in [0, 0.05) is 11.4 Å². The molecule has 1 aromatic heterocycles. The summed E-state index contributed by atoms with van der Waals surface area (Å²) >= 11 is 3.44. The average molecular weight is 323 g/mol. The lowest BCUT2D eigenvalue weighted by atomic mass is 10.2. The maximum absolute atomic E-state index is 11.9. The van der Waals surface area contributed by atoms with Crippen molar-refractivity contribution in [2.75, 3.05) is 7.11 Å². The summed E-state index contributed by atoms with van der Waals surface area (Å²) in [4.78, 5) is 15.8. The van der Waals surface area contributed by atoms with Crippen molar-refractivity contribution in [3.8, 4) is 5.75 Å². The standard InChI is InChI=1S/C14H15BrN2O2/c1-9-6-10(2)17(14(18)16-9)8-11-4-5-13(19-3)12(15)7-11/h4-7H,8H2,1-3H3. The van der Waals surface area contributed by atoms with Gasteiger partial charge in [-0.2, -0.15) is 4.98 Å². The van der Waals surface area contributed by atoms with Crippen molar-refractivity contribution in [3.63, 3.8) is 0 Å². The highest BCUT2D eigenvalue weighted by Gasteiger charge is 2.06. The lowest BCUT2D eigenvalue weighted by molar-refractivity contribution is 0.412. The highest BCUT2D eigenvalue weighted by Crippen LogP contribution is 2.25. The predicted molar refractivity (Wildman–Crippen MR) is 77.8 cm³/mol. The molecule has 1 heterocycles. The lowest BCUT2D eigenvalue weighted by Crippen LogP contribution is -2.26. The van der Waals surface area contributed by atoms with E-state index in [4.69, 9.17) is 4.74 Å². The Labute approximate surface area is 120 Å². The molecule has 100 valence electrons. The van der Waals surface area contributed by atoms with E-state index >= 15 is 0 Å². The second-order valence-corrected chi connectivity index (χ2v) is 5.23. The number of hydrogen-bond donors (Lipinski definition) is 0. The van der Waals surface area contributed by atoms with Crippen LogP contribution in [-0.4, -0.2) is 16.7 Å². The van der Waals surface area contributed by atoms with Gasteiger partial charge in [0.15, 0.2) is 0 Å². The smallest absolute Gasteiger partial charge is 0.348 e. The van der Waals surface area contributed by atoms with Crippen LogP contribution in [-0.2, 0) is 6.54 Å². The molecule has 0 aliphatic heterocycles. The number of benzene rings is 1. The third-order valence-electron chi connectivity index (χ3n) is 2.90. The second kappa shape index (κ2) is 5.57. The monoisotopic (exact) mass is 322 g/mol. The van der Waals surface area contributed by atoms with Crippen molar-refractivity contribution in [2.24, 2.45) is 0 Å². The first-order chi connectivity index (χ1) is 9.01. The Balaban J connectivity index is 2.37. The van der Waals surface area contributed by atoms with Crippen molar-refractivity contribution < 1.29 is 4.74 Å². The molecule has 0 saturated carbocycles. The van der Waals surface area contributed by atoms with Crippen LogP contribution in [0.3, 0.4) is 0 Å². The van der Waals surface area contributed by atoms with E-state index in [1.807, 2.05) is 38.1 Å². The minimum atomic E-state index is -0.218. The van der Waals surface area contributed by atoms with Crippen LogP contribution in [0.5, 0.6) is 5.75 Å². The number of hydrogen-bond acceptors (Lipinski definition) is 3. The molecule has 0 spiro atoms. The minimum absolute atomic E-state index is 0.218. The molecular weight excluding hydrogens is 308 g/mol. The molecule has 0 N–H and O–H groups in total. The van der Waals surface area contributed by atoms with Crippen LogP contribution in [0.2, 0.25) is 0 Å². The zero-order chi connectivity index (χ0) is 14.0. The number of aromatic nitrogens is 2. The van der Waals surface area contributed by atoms with Gasteiger partial charge in [0.05, 0.1) is 18.1 Å². The summed E-state index contributed by atoms with van der Waals surface area (Å²) in [7, 11) is 1.62. The number of rotatable bonds is 3. The van der Waals surface area contributed by atoms with E-state index in [1.165, 1.54) is 0 Å². The highest BCUT2D eigenvalue weighted by molar-refractivity contribution is 9.10. The lowest BCUT2D eigenvalue weighted by Gasteiger charge is -2.11. The molecule has 0 aliphatic carbocycles. The van der Waals surface area contributed by atoms with E-state index in [9.17, 15) is 4.79 Å². The molecule has 0 atom stereocenters. The fourth-order valence-corrected chi connectivity index (χ4v) is 2.55. The Morgan fingerprint density at radius 1 is 1.32 bits per heavy atom. The van der Waals surface area contributed by atoms with Crippen LogP contribution < -0.4 is 10.4 Å². The van der Waals surface area contributed by atoms with Crippen molar-refractivity contribution in [1.29, 1.82) is 0 Å². The van der Waals surface area contributed by atoms with Crippen molar-refractivity contribution >= 4 is 15.9 Å². The van der Waals surface area contributed by atoms with Crippen LogP contribution in [0.4, 0.5) is 0 Å². The van der Waals surface area contributed by atoms with Crippen molar-refractivity contribution in [2.45, 2.75) is 20.4 Å². The Kier molecular flexibility index (Phi) is 4.04. The molecule has 0 fully saturated rings. The number of ether oxygens (including phenoxy) is 1. The zero-order valence-electron chi connectivity index (χ0n) is 11.1. The van der Waals surface area contributed by atoms with Gasteiger partial charge in [0.1, 0.15) is 5.75 Å². The summed E-state index contributed by atoms with van der Waals surface area (Å²) in [6, 6.07) is 7.67. The van der Waals surface area contributed by atoms with Gasteiger partial charge < -0.3 is 4.74 Å². The Morgan fingerprint density at radius 2 is 2.05 bits per heavy atom. The maximum atomic E-state index is 11.9. The first kappa shape index (κ1) is 13.8. The van der Waals surface area contributed by atoms with E-state index in [1.54, 1.807) is 11.7 Å². The van der Waals surface area contributed by atoms with E-state index in [0.717, 1.165) is 27.2 Å². The summed E-state index contributed by atoms with van der Waals surface area (Å²) < 4.78 is 7.71. The fraction of sp³-hybridized carbons (Fsp3) is 0.286. The molecule has 1 aromatic carbocycles. The van der Waals surface area contributed by atoms with Gasteiger partial charge in [-0.15, -0.1) is 0 Å². The van der Waals surface area contributed by atoms with E-state index < -0.39 is 0 Å². The van der Waals surface area contributed by atoms with Gasteiger partial charge in [-0.05, 0) is 53.5 Å². The topological polar surface area (TPSA) is 44.1 Å². The molecule has 4 nitrogen and oxygen atoms in total. The van der Waals surface area contributed by atoms with E-state index in [-0.39, 0.29) is 5.69 Å². The van der Waals surface area contributed by atoms with Gasteiger partial charge in [0.2, 0.25) is 0 Å². The molecule has 0 amide bonds. The van der Waals surface area contributed by atoms with Crippen molar-refractivity contribution in [3.05, 3.63) is 56.2 Å². The molecule has 0 saturated heterocycles. The Morgan fingerprint density at radius 3 is 2.63 bits per heavy atom. The third-order valence-corrected chi connectivity index (χ3v) is 3.52. The van der Waals surface area contributed by atoms with Gasteiger partial charge >= 0.3 is 5.69 Å².